The molecule has 0 bridgehead atoms. The highest BCUT2D eigenvalue weighted by Gasteiger charge is 2.40. The van der Waals surface area contributed by atoms with E-state index in [1.165, 1.54) is 0 Å². The fourth-order valence-electron chi connectivity index (χ4n) is 3.41. The summed E-state index contributed by atoms with van der Waals surface area (Å²) in [6, 6.07) is 9.50. The first kappa shape index (κ1) is 11.9. The van der Waals surface area contributed by atoms with Crippen LogP contribution in [0.5, 0.6) is 0 Å². The van der Waals surface area contributed by atoms with Crippen LogP contribution in [0.2, 0.25) is 0 Å². The minimum atomic E-state index is -0.105. The lowest BCUT2D eigenvalue weighted by atomic mass is 10.0. The predicted molar refractivity (Wildman–Crippen MR) is 69.4 cm³/mol. The van der Waals surface area contributed by atoms with E-state index in [-0.39, 0.29) is 11.9 Å². The second-order valence-corrected chi connectivity index (χ2v) is 5.63. The maximum absolute atomic E-state index is 12.1. The van der Waals surface area contributed by atoms with Gasteiger partial charge in [0.1, 0.15) is 0 Å². The predicted octanol–water partition coefficient (Wildman–Crippen LogP) is 1.57. The van der Waals surface area contributed by atoms with Crippen molar-refractivity contribution in [3.8, 4) is 0 Å². The molecule has 0 aromatic heterocycles. The summed E-state index contributed by atoms with van der Waals surface area (Å²) in [7, 11) is 0. The summed E-state index contributed by atoms with van der Waals surface area (Å²) in [6.07, 6.45) is 1.73. The molecule has 1 N–H and O–H groups in total. The molecule has 2 aliphatic rings. The van der Waals surface area contributed by atoms with E-state index in [1.807, 2.05) is 30.3 Å². The number of aliphatic hydroxyl groups excluding tert-OH is 1. The number of ketones is 1. The Morgan fingerprint density at radius 2 is 1.78 bits per heavy atom. The summed E-state index contributed by atoms with van der Waals surface area (Å²) >= 11 is 0. The molecule has 1 aliphatic heterocycles. The lowest BCUT2D eigenvalue weighted by molar-refractivity contribution is 0.0935. The molecule has 1 unspecified atom stereocenters. The van der Waals surface area contributed by atoms with Gasteiger partial charge in [-0.2, -0.15) is 0 Å². The lowest BCUT2D eigenvalue weighted by Gasteiger charge is -2.16. The van der Waals surface area contributed by atoms with Gasteiger partial charge in [0.25, 0.3) is 0 Å². The first-order valence-corrected chi connectivity index (χ1v) is 6.71. The highest BCUT2D eigenvalue weighted by Crippen LogP contribution is 2.37. The van der Waals surface area contributed by atoms with E-state index in [2.05, 4.69) is 4.90 Å². The topological polar surface area (TPSA) is 40.5 Å². The van der Waals surface area contributed by atoms with Gasteiger partial charge >= 0.3 is 0 Å². The van der Waals surface area contributed by atoms with Crippen LogP contribution in [0, 0.1) is 11.8 Å². The Labute approximate surface area is 107 Å². The highest BCUT2D eigenvalue weighted by molar-refractivity contribution is 5.97. The first-order chi connectivity index (χ1) is 8.72. The summed E-state index contributed by atoms with van der Waals surface area (Å²) in [4.78, 5) is 14.3. The number of fused-ring (bicyclic) bond motifs is 1. The molecule has 1 aliphatic carbocycles. The SMILES string of the molecule is O=C(CN1C[C@H]2CC(O)C[C@H]2C1)c1ccccc1. The van der Waals surface area contributed by atoms with Gasteiger partial charge in [0, 0.05) is 18.7 Å². The maximum atomic E-state index is 12.1. The van der Waals surface area contributed by atoms with E-state index in [1.54, 1.807) is 0 Å². The summed E-state index contributed by atoms with van der Waals surface area (Å²) in [5.74, 6) is 1.41. The Kier molecular flexibility index (Phi) is 3.18. The van der Waals surface area contributed by atoms with Crippen molar-refractivity contribution in [2.24, 2.45) is 11.8 Å². The zero-order chi connectivity index (χ0) is 12.5. The molecule has 1 aromatic rings. The Bertz CT molecular complexity index is 417. The van der Waals surface area contributed by atoms with Crippen molar-refractivity contribution in [3.63, 3.8) is 0 Å². The molecule has 3 rings (SSSR count). The van der Waals surface area contributed by atoms with Crippen LogP contribution in [0.25, 0.3) is 0 Å². The number of rotatable bonds is 3. The number of carbonyl (C=O) groups excluding carboxylic acids is 1. The molecule has 18 heavy (non-hydrogen) atoms. The first-order valence-electron chi connectivity index (χ1n) is 6.71. The average molecular weight is 245 g/mol. The van der Waals surface area contributed by atoms with E-state index in [4.69, 9.17) is 0 Å². The molecule has 1 heterocycles. The second kappa shape index (κ2) is 4.82. The zero-order valence-corrected chi connectivity index (χ0v) is 10.5. The van der Waals surface area contributed by atoms with Crippen LogP contribution in [0.15, 0.2) is 30.3 Å². The van der Waals surface area contributed by atoms with Gasteiger partial charge < -0.3 is 5.11 Å². The maximum Gasteiger partial charge on any atom is 0.176 e. The average Bonchev–Trinajstić information content (AvgIpc) is 2.86. The molecule has 3 nitrogen and oxygen atoms in total. The number of nitrogens with zero attached hydrogens (tertiary/aromatic N) is 1. The van der Waals surface area contributed by atoms with Crippen LogP contribution < -0.4 is 0 Å². The molecular weight excluding hydrogens is 226 g/mol. The van der Waals surface area contributed by atoms with Gasteiger partial charge in [0.15, 0.2) is 5.78 Å². The summed E-state index contributed by atoms with van der Waals surface area (Å²) in [5.41, 5.74) is 0.801. The monoisotopic (exact) mass is 245 g/mol. The Hall–Kier alpha value is -1.19. The van der Waals surface area contributed by atoms with Gasteiger partial charge in [-0.15, -0.1) is 0 Å². The molecule has 3 heteroatoms. The van der Waals surface area contributed by atoms with Crippen LogP contribution in [0.3, 0.4) is 0 Å². The standard InChI is InChI=1S/C15H19NO2/c17-14-6-12-8-16(9-13(12)7-14)10-15(18)11-4-2-1-3-5-11/h1-5,12-14,17H,6-10H2/t12-,13+,14?. The van der Waals surface area contributed by atoms with E-state index in [0.717, 1.165) is 31.5 Å². The third-order valence-electron chi connectivity index (χ3n) is 4.26. The smallest absolute Gasteiger partial charge is 0.176 e. The van der Waals surface area contributed by atoms with E-state index in [0.29, 0.717) is 18.4 Å². The van der Waals surface area contributed by atoms with E-state index >= 15 is 0 Å². The van der Waals surface area contributed by atoms with Gasteiger partial charge in [0.05, 0.1) is 12.6 Å². The third kappa shape index (κ3) is 2.33. The van der Waals surface area contributed by atoms with Gasteiger partial charge in [-0.3, -0.25) is 9.69 Å². The van der Waals surface area contributed by atoms with Crippen molar-refractivity contribution in [2.45, 2.75) is 18.9 Å². The summed E-state index contributed by atoms with van der Waals surface area (Å²) in [5, 5.41) is 9.60. The van der Waals surface area contributed by atoms with Crippen molar-refractivity contribution in [3.05, 3.63) is 35.9 Å². The van der Waals surface area contributed by atoms with E-state index in [9.17, 15) is 9.90 Å². The van der Waals surface area contributed by atoms with Crippen LogP contribution >= 0.6 is 0 Å². The molecule has 0 spiro atoms. The molecular formula is C15H19NO2. The number of hydrogen-bond acceptors (Lipinski definition) is 3. The molecule has 3 atom stereocenters. The summed E-state index contributed by atoms with van der Waals surface area (Å²) in [6.45, 7) is 2.47. The molecule has 2 fully saturated rings. The molecule has 1 saturated heterocycles. The van der Waals surface area contributed by atoms with E-state index < -0.39 is 0 Å². The Morgan fingerprint density at radius 3 is 2.39 bits per heavy atom. The van der Waals surface area contributed by atoms with Gasteiger partial charge in [0.2, 0.25) is 0 Å². The Balaban J connectivity index is 1.58. The quantitative estimate of drug-likeness (QED) is 0.822. The molecule has 0 radical (unpaired) electrons. The fourth-order valence-corrected chi connectivity index (χ4v) is 3.41. The second-order valence-electron chi connectivity index (χ2n) is 5.63. The van der Waals surface area contributed by atoms with Gasteiger partial charge in [-0.25, -0.2) is 0 Å². The highest BCUT2D eigenvalue weighted by atomic mass is 16.3. The van der Waals surface area contributed by atoms with Crippen molar-refractivity contribution in [2.75, 3.05) is 19.6 Å². The number of aliphatic hydroxyl groups is 1. The minimum absolute atomic E-state index is 0.105. The normalized spacial score (nSPS) is 31.5. The van der Waals surface area contributed by atoms with Gasteiger partial charge in [-0.05, 0) is 24.7 Å². The van der Waals surface area contributed by atoms with Gasteiger partial charge in [-0.1, -0.05) is 30.3 Å². The van der Waals surface area contributed by atoms with Crippen molar-refractivity contribution in [1.82, 2.24) is 4.90 Å². The number of benzene rings is 1. The summed E-state index contributed by atoms with van der Waals surface area (Å²) < 4.78 is 0. The molecule has 0 amide bonds. The number of likely N-dealkylation sites (tertiary alicyclic amines) is 1. The van der Waals surface area contributed by atoms with Crippen LogP contribution in [0.4, 0.5) is 0 Å². The van der Waals surface area contributed by atoms with Crippen molar-refractivity contribution in [1.29, 1.82) is 0 Å². The third-order valence-corrected chi connectivity index (χ3v) is 4.26. The Morgan fingerprint density at radius 1 is 1.17 bits per heavy atom. The van der Waals surface area contributed by atoms with Crippen molar-refractivity contribution >= 4 is 5.78 Å². The number of hydrogen-bond donors (Lipinski definition) is 1. The van der Waals surface area contributed by atoms with Crippen LogP contribution in [-0.4, -0.2) is 41.5 Å². The fraction of sp³-hybridized carbons (Fsp3) is 0.533. The lowest BCUT2D eigenvalue weighted by Crippen LogP contribution is -2.29. The molecule has 1 aromatic carbocycles. The molecule has 1 saturated carbocycles. The van der Waals surface area contributed by atoms with Crippen LogP contribution in [0.1, 0.15) is 23.2 Å². The minimum Gasteiger partial charge on any atom is -0.393 e. The number of Topliss-reactive ketones (excluding diaryl/α,β-unsaturated/α-hetero) is 1. The van der Waals surface area contributed by atoms with Crippen LogP contribution in [-0.2, 0) is 0 Å². The number of carbonyl (C=O) groups is 1. The molecule has 96 valence electrons. The zero-order valence-electron chi connectivity index (χ0n) is 10.5. The largest absolute Gasteiger partial charge is 0.393 e. The van der Waals surface area contributed by atoms with Crippen molar-refractivity contribution < 1.29 is 9.90 Å².